The van der Waals surface area contributed by atoms with Gasteiger partial charge in [0, 0.05) is 5.92 Å². The van der Waals surface area contributed by atoms with Crippen LogP contribution in [0.4, 0.5) is 0 Å². The molecule has 20 heavy (non-hydrogen) atoms. The number of aliphatic hydroxyl groups excluding tert-OH is 2. The second-order valence-electron chi connectivity index (χ2n) is 5.27. The summed E-state index contributed by atoms with van der Waals surface area (Å²) in [6.07, 6.45) is -0.755. The minimum Gasteiger partial charge on any atom is -0.482 e. The highest BCUT2D eigenvalue weighted by Gasteiger charge is 2.39. The summed E-state index contributed by atoms with van der Waals surface area (Å²) >= 11 is 0. The fraction of sp³-hybridized carbons (Fsp3) is 0.533. The Balaban J connectivity index is 2.46. The molecule has 0 heterocycles. The number of ether oxygens (including phenoxy) is 1. The first-order valence-electron chi connectivity index (χ1n) is 6.73. The lowest BCUT2D eigenvalue weighted by molar-refractivity contribution is -0.139. The molecule has 0 spiro atoms. The third-order valence-electron chi connectivity index (χ3n) is 4.18. The molecule has 1 aliphatic carbocycles. The molecule has 0 saturated heterocycles. The molecule has 0 amide bonds. The number of aliphatic carboxylic acids is 1. The SMILES string of the molecule is CCC1C(O)c2cc(OCC(=O)O)c(C)c(C)c2C1O. The van der Waals surface area contributed by atoms with Crippen molar-refractivity contribution in [2.75, 3.05) is 6.61 Å². The van der Waals surface area contributed by atoms with E-state index in [1.165, 1.54) is 0 Å². The highest BCUT2D eigenvalue weighted by molar-refractivity contribution is 5.68. The van der Waals surface area contributed by atoms with E-state index in [0.29, 0.717) is 17.7 Å². The van der Waals surface area contributed by atoms with E-state index in [1.807, 2.05) is 20.8 Å². The third kappa shape index (κ3) is 2.27. The van der Waals surface area contributed by atoms with Crippen molar-refractivity contribution < 1.29 is 24.9 Å². The van der Waals surface area contributed by atoms with Crippen LogP contribution in [0, 0.1) is 19.8 Å². The van der Waals surface area contributed by atoms with E-state index in [4.69, 9.17) is 9.84 Å². The van der Waals surface area contributed by atoms with Crippen molar-refractivity contribution in [3.8, 4) is 5.75 Å². The van der Waals surface area contributed by atoms with Gasteiger partial charge in [-0.05, 0) is 48.6 Å². The molecular formula is C15H20O5. The zero-order valence-electron chi connectivity index (χ0n) is 11.9. The lowest BCUT2D eigenvalue weighted by atomic mass is 9.96. The van der Waals surface area contributed by atoms with Crippen molar-refractivity contribution in [3.05, 3.63) is 28.3 Å². The second-order valence-corrected chi connectivity index (χ2v) is 5.27. The Morgan fingerprint density at radius 1 is 1.25 bits per heavy atom. The first-order valence-corrected chi connectivity index (χ1v) is 6.73. The number of aliphatic hydroxyl groups is 2. The van der Waals surface area contributed by atoms with Gasteiger partial charge in [-0.3, -0.25) is 0 Å². The van der Waals surface area contributed by atoms with Gasteiger partial charge < -0.3 is 20.1 Å². The predicted molar refractivity (Wildman–Crippen MR) is 72.7 cm³/mol. The molecule has 3 atom stereocenters. The average molecular weight is 280 g/mol. The minimum absolute atomic E-state index is 0.224. The van der Waals surface area contributed by atoms with Gasteiger partial charge in [0.15, 0.2) is 6.61 Å². The largest absolute Gasteiger partial charge is 0.482 e. The summed E-state index contributed by atoms with van der Waals surface area (Å²) in [5.41, 5.74) is 3.05. The standard InChI is InChI=1S/C15H20O5/c1-4-9-14(18)10-5-11(20-6-12(16)17)7(2)8(3)13(10)15(9)19/h5,9,14-15,18-19H,4,6H2,1-3H3,(H,16,17). The van der Waals surface area contributed by atoms with Gasteiger partial charge >= 0.3 is 5.97 Å². The molecule has 1 aliphatic rings. The normalized spacial score (nSPS) is 24.6. The number of carbonyl (C=O) groups is 1. The fourth-order valence-corrected chi connectivity index (χ4v) is 2.92. The number of fused-ring (bicyclic) bond motifs is 1. The Morgan fingerprint density at radius 2 is 1.90 bits per heavy atom. The second kappa shape index (κ2) is 5.42. The minimum atomic E-state index is -1.05. The number of benzene rings is 1. The molecule has 0 saturated carbocycles. The van der Waals surface area contributed by atoms with Gasteiger partial charge in [-0.2, -0.15) is 0 Å². The predicted octanol–water partition coefficient (Wildman–Crippen LogP) is 1.87. The van der Waals surface area contributed by atoms with Crippen LogP contribution in [0.3, 0.4) is 0 Å². The molecule has 3 unspecified atom stereocenters. The average Bonchev–Trinajstić information content (AvgIpc) is 2.63. The molecule has 2 rings (SSSR count). The Kier molecular flexibility index (Phi) is 4.01. The van der Waals surface area contributed by atoms with Crippen molar-refractivity contribution in [2.45, 2.75) is 39.4 Å². The Hall–Kier alpha value is -1.59. The smallest absolute Gasteiger partial charge is 0.341 e. The van der Waals surface area contributed by atoms with E-state index in [0.717, 1.165) is 16.7 Å². The number of rotatable bonds is 4. The zero-order chi connectivity index (χ0) is 15.0. The Morgan fingerprint density at radius 3 is 2.45 bits per heavy atom. The molecule has 5 nitrogen and oxygen atoms in total. The third-order valence-corrected chi connectivity index (χ3v) is 4.18. The van der Waals surface area contributed by atoms with Gasteiger partial charge in [0.05, 0.1) is 12.2 Å². The summed E-state index contributed by atoms with van der Waals surface area (Å²) in [4.78, 5) is 10.6. The van der Waals surface area contributed by atoms with Gasteiger partial charge in [0.1, 0.15) is 5.75 Å². The zero-order valence-corrected chi connectivity index (χ0v) is 11.9. The van der Waals surface area contributed by atoms with Crippen molar-refractivity contribution in [1.82, 2.24) is 0 Å². The van der Waals surface area contributed by atoms with Crippen molar-refractivity contribution in [1.29, 1.82) is 0 Å². The summed E-state index contributed by atoms with van der Waals surface area (Å²) in [5.74, 6) is -0.820. The summed E-state index contributed by atoms with van der Waals surface area (Å²) in [6, 6.07) is 1.66. The lowest BCUT2D eigenvalue weighted by Gasteiger charge is -2.16. The molecular weight excluding hydrogens is 260 g/mol. The molecule has 0 aromatic heterocycles. The first kappa shape index (κ1) is 14.8. The monoisotopic (exact) mass is 280 g/mol. The van der Waals surface area contributed by atoms with Crippen LogP contribution in [-0.2, 0) is 4.79 Å². The highest BCUT2D eigenvalue weighted by atomic mass is 16.5. The molecule has 5 heteroatoms. The summed E-state index contributed by atoms with van der Waals surface area (Å²) in [7, 11) is 0. The van der Waals surface area contributed by atoms with Crippen LogP contribution in [0.2, 0.25) is 0 Å². The summed E-state index contributed by atoms with van der Waals surface area (Å²) in [6.45, 7) is 5.18. The van der Waals surface area contributed by atoms with Gasteiger partial charge in [-0.15, -0.1) is 0 Å². The Bertz CT molecular complexity index is 538. The van der Waals surface area contributed by atoms with E-state index in [9.17, 15) is 15.0 Å². The van der Waals surface area contributed by atoms with Crippen molar-refractivity contribution in [2.24, 2.45) is 5.92 Å². The van der Waals surface area contributed by atoms with Crippen LogP contribution >= 0.6 is 0 Å². The molecule has 0 fully saturated rings. The van der Waals surface area contributed by atoms with E-state index >= 15 is 0 Å². The van der Waals surface area contributed by atoms with Crippen molar-refractivity contribution in [3.63, 3.8) is 0 Å². The molecule has 1 aromatic rings. The number of carboxylic acids is 1. The van der Waals surface area contributed by atoms with E-state index in [1.54, 1.807) is 6.07 Å². The Labute approximate surface area is 117 Å². The molecule has 0 radical (unpaired) electrons. The van der Waals surface area contributed by atoms with Crippen molar-refractivity contribution >= 4 is 5.97 Å². The molecule has 110 valence electrons. The summed E-state index contributed by atoms with van der Waals surface area (Å²) in [5, 5.41) is 29.3. The van der Waals surface area contributed by atoms with Gasteiger partial charge in [0.2, 0.25) is 0 Å². The molecule has 0 bridgehead atoms. The van der Waals surface area contributed by atoms with E-state index < -0.39 is 24.8 Å². The summed E-state index contributed by atoms with van der Waals surface area (Å²) < 4.78 is 5.26. The maximum Gasteiger partial charge on any atom is 0.341 e. The van der Waals surface area contributed by atoms with Gasteiger partial charge in [-0.1, -0.05) is 6.92 Å². The van der Waals surface area contributed by atoms with Crippen LogP contribution in [0.1, 0.15) is 47.8 Å². The number of hydrogen-bond acceptors (Lipinski definition) is 4. The quantitative estimate of drug-likeness (QED) is 0.783. The molecule has 1 aromatic carbocycles. The number of hydrogen-bond donors (Lipinski definition) is 3. The maximum atomic E-state index is 10.6. The molecule has 0 aliphatic heterocycles. The van der Waals surface area contributed by atoms with E-state index in [-0.39, 0.29) is 5.92 Å². The first-order chi connectivity index (χ1) is 9.38. The highest BCUT2D eigenvalue weighted by Crippen LogP contribution is 2.49. The number of carboxylic acid groups (broad SMARTS) is 1. The van der Waals surface area contributed by atoms with Gasteiger partial charge in [0.25, 0.3) is 0 Å². The topological polar surface area (TPSA) is 87.0 Å². The fourth-order valence-electron chi connectivity index (χ4n) is 2.92. The van der Waals surface area contributed by atoms with Crippen LogP contribution in [0.15, 0.2) is 6.07 Å². The van der Waals surface area contributed by atoms with Crippen LogP contribution in [-0.4, -0.2) is 27.9 Å². The van der Waals surface area contributed by atoms with E-state index in [2.05, 4.69) is 0 Å². The van der Waals surface area contributed by atoms with Gasteiger partial charge in [-0.25, -0.2) is 4.79 Å². The maximum absolute atomic E-state index is 10.6. The van der Waals surface area contributed by atoms with Crippen LogP contribution < -0.4 is 4.74 Å². The van der Waals surface area contributed by atoms with Crippen LogP contribution in [0.5, 0.6) is 5.75 Å². The lowest BCUT2D eigenvalue weighted by Crippen LogP contribution is -2.11. The molecule has 3 N–H and O–H groups in total. The van der Waals surface area contributed by atoms with Crippen LogP contribution in [0.25, 0.3) is 0 Å².